The van der Waals surface area contributed by atoms with Gasteiger partial charge in [-0.2, -0.15) is 13.2 Å². The number of halogens is 3. The van der Waals surface area contributed by atoms with Gasteiger partial charge >= 0.3 is 6.18 Å². The van der Waals surface area contributed by atoms with Crippen LogP contribution in [0.2, 0.25) is 0 Å². The Morgan fingerprint density at radius 1 is 0.938 bits per heavy atom. The largest absolute Gasteiger partial charge is 0.451 e. The molecule has 0 saturated carbocycles. The number of aromatic nitrogens is 1. The second kappa shape index (κ2) is 7.60. The predicted molar refractivity (Wildman–Crippen MR) is 117 cm³/mol. The van der Waals surface area contributed by atoms with Crippen LogP contribution in [0.15, 0.2) is 89.5 Å². The summed E-state index contributed by atoms with van der Waals surface area (Å²) in [6, 6.07) is 21.6. The summed E-state index contributed by atoms with van der Waals surface area (Å²) in [4.78, 5) is 12.8. The van der Waals surface area contributed by atoms with Crippen LogP contribution in [0.3, 0.4) is 0 Å². The molecule has 160 valence electrons. The number of carbonyl (C=O) groups excluding carboxylic acids is 1. The molecular weight excluding hydrogens is 417 g/mol. The van der Waals surface area contributed by atoms with Crippen molar-refractivity contribution in [3.8, 4) is 0 Å². The van der Waals surface area contributed by atoms with Gasteiger partial charge in [-0.25, -0.2) is 0 Å². The molecule has 0 radical (unpaired) electrons. The molecule has 0 atom stereocenters. The van der Waals surface area contributed by atoms with E-state index in [1.54, 1.807) is 18.3 Å². The zero-order valence-corrected chi connectivity index (χ0v) is 16.7. The van der Waals surface area contributed by atoms with Crippen molar-refractivity contribution in [1.82, 2.24) is 4.57 Å². The van der Waals surface area contributed by atoms with E-state index in [0.717, 1.165) is 28.4 Å². The lowest BCUT2D eigenvalue weighted by molar-refractivity contribution is -0.137. The van der Waals surface area contributed by atoms with E-state index in [4.69, 9.17) is 4.42 Å². The minimum Gasteiger partial charge on any atom is -0.451 e. The normalized spacial score (nSPS) is 11.8. The molecule has 1 amide bonds. The molecule has 2 aromatic heterocycles. The van der Waals surface area contributed by atoms with E-state index >= 15 is 0 Å². The summed E-state index contributed by atoms with van der Waals surface area (Å²) in [5.41, 5.74) is 2.11. The van der Waals surface area contributed by atoms with Crippen LogP contribution in [0.1, 0.15) is 21.7 Å². The Kier molecular flexibility index (Phi) is 4.74. The summed E-state index contributed by atoms with van der Waals surface area (Å²) >= 11 is 0. The molecule has 0 aliphatic carbocycles. The molecule has 1 N–H and O–H groups in total. The molecule has 4 nitrogen and oxygen atoms in total. The Morgan fingerprint density at radius 3 is 2.41 bits per heavy atom. The number of amides is 1. The highest BCUT2D eigenvalue weighted by molar-refractivity contribution is 6.09. The minimum atomic E-state index is -4.37. The topological polar surface area (TPSA) is 47.2 Å². The monoisotopic (exact) mass is 434 g/mol. The highest BCUT2D eigenvalue weighted by atomic mass is 19.4. The van der Waals surface area contributed by atoms with Crippen LogP contribution in [0.4, 0.5) is 18.9 Å². The number of fused-ring (bicyclic) bond motifs is 2. The molecule has 0 saturated heterocycles. The Labute approximate surface area is 180 Å². The fourth-order valence-electron chi connectivity index (χ4n) is 3.75. The van der Waals surface area contributed by atoms with E-state index in [2.05, 4.69) is 5.32 Å². The second-order valence-corrected chi connectivity index (χ2v) is 7.49. The van der Waals surface area contributed by atoms with Crippen LogP contribution in [0.25, 0.3) is 21.9 Å². The average Bonchev–Trinajstić information content (AvgIpc) is 3.36. The third kappa shape index (κ3) is 3.73. The first-order valence-electron chi connectivity index (χ1n) is 9.92. The second-order valence-electron chi connectivity index (χ2n) is 7.49. The third-order valence-corrected chi connectivity index (χ3v) is 5.32. The van der Waals surface area contributed by atoms with Crippen molar-refractivity contribution >= 4 is 33.5 Å². The van der Waals surface area contributed by atoms with Crippen LogP contribution in [-0.2, 0) is 12.7 Å². The summed E-state index contributed by atoms with van der Waals surface area (Å²) < 4.78 is 46.0. The highest BCUT2D eigenvalue weighted by Gasteiger charge is 2.29. The van der Waals surface area contributed by atoms with Gasteiger partial charge in [0, 0.05) is 23.5 Å². The first-order valence-corrected chi connectivity index (χ1v) is 9.92. The third-order valence-electron chi connectivity index (χ3n) is 5.32. The number of nitrogens with zero attached hydrogens (tertiary/aromatic N) is 1. The number of nitrogens with one attached hydrogen (secondary N) is 1. The summed E-state index contributed by atoms with van der Waals surface area (Å²) in [7, 11) is 0. The van der Waals surface area contributed by atoms with Crippen molar-refractivity contribution < 1.29 is 22.4 Å². The molecule has 0 bridgehead atoms. The molecule has 0 fully saturated rings. The Bertz CT molecular complexity index is 1400. The van der Waals surface area contributed by atoms with Crippen LogP contribution >= 0.6 is 0 Å². The Balaban J connectivity index is 1.44. The first-order chi connectivity index (χ1) is 15.4. The fraction of sp³-hybridized carbons (Fsp3) is 0.0800. The van der Waals surface area contributed by atoms with Crippen LogP contribution < -0.4 is 5.32 Å². The zero-order valence-electron chi connectivity index (χ0n) is 16.7. The van der Waals surface area contributed by atoms with E-state index in [1.165, 1.54) is 12.1 Å². The fourth-order valence-corrected chi connectivity index (χ4v) is 3.75. The molecule has 0 aliphatic rings. The zero-order chi connectivity index (χ0) is 22.3. The van der Waals surface area contributed by atoms with Gasteiger partial charge in [-0.1, -0.05) is 48.5 Å². The van der Waals surface area contributed by atoms with Gasteiger partial charge in [-0.05, 0) is 35.9 Å². The van der Waals surface area contributed by atoms with E-state index in [1.807, 2.05) is 47.0 Å². The van der Waals surface area contributed by atoms with Crippen molar-refractivity contribution in [1.29, 1.82) is 0 Å². The van der Waals surface area contributed by atoms with E-state index in [9.17, 15) is 18.0 Å². The van der Waals surface area contributed by atoms with Crippen LogP contribution in [-0.4, -0.2) is 10.5 Å². The summed E-state index contributed by atoms with van der Waals surface area (Å²) in [5, 5.41) is 4.55. The number of hydrogen-bond acceptors (Lipinski definition) is 2. The molecule has 3 aromatic carbocycles. The van der Waals surface area contributed by atoms with Crippen molar-refractivity contribution in [3.63, 3.8) is 0 Å². The minimum absolute atomic E-state index is 0.200. The number of carbonyl (C=O) groups is 1. The Hall–Kier alpha value is -4.00. The molecule has 32 heavy (non-hydrogen) atoms. The summed E-state index contributed by atoms with van der Waals surface area (Å²) in [6.45, 7) is 0.360. The molecule has 7 heteroatoms. The highest BCUT2D eigenvalue weighted by Crippen LogP contribution is 2.31. The molecule has 2 heterocycles. The van der Waals surface area contributed by atoms with Crippen molar-refractivity contribution in [2.24, 2.45) is 0 Å². The predicted octanol–water partition coefficient (Wildman–Crippen LogP) is 6.71. The SMILES string of the molecule is O=C(Nc1cn(Cc2ccc(C(F)(F)F)cc2)c2ccccc12)c1cc2ccccc2o1. The van der Waals surface area contributed by atoms with E-state index in [0.29, 0.717) is 23.4 Å². The molecular formula is C25H17F3N2O2. The van der Waals surface area contributed by atoms with Gasteiger partial charge in [-0.15, -0.1) is 0 Å². The van der Waals surface area contributed by atoms with E-state index in [-0.39, 0.29) is 11.7 Å². The summed E-state index contributed by atoms with van der Waals surface area (Å²) in [5.74, 6) is -0.176. The maximum absolute atomic E-state index is 12.8. The van der Waals surface area contributed by atoms with Crippen molar-refractivity contribution in [2.75, 3.05) is 5.32 Å². The Morgan fingerprint density at radius 2 is 1.66 bits per heavy atom. The number of para-hydroxylation sites is 2. The van der Waals surface area contributed by atoms with Gasteiger partial charge in [0.2, 0.25) is 0 Å². The van der Waals surface area contributed by atoms with Gasteiger partial charge in [0.1, 0.15) is 5.58 Å². The average molecular weight is 434 g/mol. The number of anilines is 1. The lowest BCUT2D eigenvalue weighted by Crippen LogP contribution is -2.10. The van der Waals surface area contributed by atoms with Gasteiger partial charge < -0.3 is 14.3 Å². The quantitative estimate of drug-likeness (QED) is 0.342. The molecule has 0 spiro atoms. The number of alkyl halides is 3. The molecule has 0 unspecified atom stereocenters. The van der Waals surface area contributed by atoms with Crippen LogP contribution in [0.5, 0.6) is 0 Å². The molecule has 5 rings (SSSR count). The maximum atomic E-state index is 12.8. The number of furan rings is 1. The number of benzene rings is 3. The standard InChI is InChI=1S/C25H17F3N2O2/c26-25(27,28)18-11-9-16(10-12-18)14-30-15-20(19-6-2-3-7-21(19)30)29-24(31)23-13-17-5-1-4-8-22(17)32-23/h1-13,15H,14H2,(H,29,31). The lowest BCUT2D eigenvalue weighted by Gasteiger charge is -2.09. The first kappa shape index (κ1) is 19.9. The van der Waals surface area contributed by atoms with Gasteiger partial charge in [0.15, 0.2) is 5.76 Å². The summed E-state index contributed by atoms with van der Waals surface area (Å²) in [6.07, 6.45) is -2.59. The van der Waals surface area contributed by atoms with Gasteiger partial charge in [-0.3, -0.25) is 4.79 Å². The van der Waals surface area contributed by atoms with Crippen molar-refractivity contribution in [2.45, 2.75) is 12.7 Å². The molecule has 5 aromatic rings. The number of hydrogen-bond donors (Lipinski definition) is 1. The van der Waals surface area contributed by atoms with Crippen molar-refractivity contribution in [3.05, 3.63) is 102 Å². The lowest BCUT2D eigenvalue weighted by atomic mass is 10.1. The van der Waals surface area contributed by atoms with Gasteiger partial charge in [0.25, 0.3) is 5.91 Å². The van der Waals surface area contributed by atoms with E-state index < -0.39 is 11.7 Å². The number of rotatable bonds is 4. The van der Waals surface area contributed by atoms with Crippen LogP contribution in [0, 0.1) is 0 Å². The maximum Gasteiger partial charge on any atom is 0.416 e. The molecule has 0 aliphatic heterocycles. The van der Waals surface area contributed by atoms with Gasteiger partial charge in [0.05, 0.1) is 16.8 Å². The smallest absolute Gasteiger partial charge is 0.416 e.